The van der Waals surface area contributed by atoms with Gasteiger partial charge in [0.1, 0.15) is 11.8 Å². The second kappa shape index (κ2) is 6.50. The molecule has 0 aliphatic carbocycles. The number of terminal acetylenes is 1. The molecule has 0 amide bonds. The molecule has 1 heterocycles. The molecule has 0 radical (unpaired) electrons. The van der Waals surface area contributed by atoms with Crippen molar-refractivity contribution in [3.05, 3.63) is 59.8 Å². The van der Waals surface area contributed by atoms with Crippen molar-refractivity contribution in [3.63, 3.8) is 0 Å². The summed E-state index contributed by atoms with van der Waals surface area (Å²) in [4.78, 5) is 2.08. The molecule has 1 aromatic carbocycles. The van der Waals surface area contributed by atoms with Gasteiger partial charge in [-0.3, -0.25) is 0 Å². The van der Waals surface area contributed by atoms with E-state index in [1.54, 1.807) is 0 Å². The number of allylic oxidation sites excluding steroid dienone is 3. The standard InChI is InChI=1S/C18H16N2O/c1-4-15-8-11-18(20(5-2)14(15)3)16-6-9-17(10-7-16)21-13-12-19/h1,6-11H,3,5,13H2,2H3. The van der Waals surface area contributed by atoms with Gasteiger partial charge in [0.05, 0.1) is 0 Å². The predicted molar refractivity (Wildman–Crippen MR) is 84.0 cm³/mol. The lowest BCUT2D eigenvalue weighted by molar-refractivity contribution is 0.368. The van der Waals surface area contributed by atoms with Crippen LogP contribution in [0.4, 0.5) is 0 Å². The average Bonchev–Trinajstić information content (AvgIpc) is 2.53. The summed E-state index contributed by atoms with van der Waals surface area (Å²) >= 11 is 0. The molecule has 104 valence electrons. The maximum atomic E-state index is 8.51. The molecule has 2 rings (SSSR count). The Morgan fingerprint density at radius 2 is 2.00 bits per heavy atom. The van der Waals surface area contributed by atoms with Crippen LogP contribution in [0.5, 0.6) is 5.75 Å². The number of nitrogens with zero attached hydrogens (tertiary/aromatic N) is 2. The molecule has 1 aromatic rings. The van der Waals surface area contributed by atoms with E-state index in [4.69, 9.17) is 16.4 Å². The molecule has 0 N–H and O–H groups in total. The third-order valence-electron chi connectivity index (χ3n) is 3.26. The van der Waals surface area contributed by atoms with Gasteiger partial charge in [-0.25, -0.2) is 0 Å². The minimum atomic E-state index is 0.0498. The Balaban J connectivity index is 2.30. The number of rotatable bonds is 4. The van der Waals surface area contributed by atoms with Crippen LogP contribution in [-0.4, -0.2) is 18.1 Å². The second-order valence-electron chi connectivity index (χ2n) is 4.44. The Morgan fingerprint density at radius 3 is 2.57 bits per heavy atom. The average molecular weight is 276 g/mol. The number of hydrogen-bond acceptors (Lipinski definition) is 3. The van der Waals surface area contributed by atoms with Crippen LogP contribution in [0.3, 0.4) is 0 Å². The molecule has 0 atom stereocenters. The highest BCUT2D eigenvalue weighted by atomic mass is 16.5. The van der Waals surface area contributed by atoms with E-state index in [-0.39, 0.29) is 6.61 Å². The van der Waals surface area contributed by atoms with Crippen molar-refractivity contribution in [2.45, 2.75) is 6.92 Å². The number of hydrogen-bond donors (Lipinski definition) is 0. The Labute approximate surface area is 125 Å². The fraction of sp³-hybridized carbons (Fsp3) is 0.167. The molecule has 0 aromatic heterocycles. The first-order valence-corrected chi connectivity index (χ1v) is 6.66. The van der Waals surface area contributed by atoms with E-state index in [0.717, 1.165) is 29.1 Å². The minimum absolute atomic E-state index is 0.0498. The molecule has 0 bridgehead atoms. The van der Waals surface area contributed by atoms with E-state index in [2.05, 4.69) is 24.3 Å². The van der Waals surface area contributed by atoms with E-state index in [1.165, 1.54) is 0 Å². The van der Waals surface area contributed by atoms with Gasteiger partial charge in [0.25, 0.3) is 0 Å². The summed E-state index contributed by atoms with van der Waals surface area (Å²) in [6, 6.07) is 9.57. The Morgan fingerprint density at radius 1 is 1.29 bits per heavy atom. The molecule has 0 saturated heterocycles. The smallest absolute Gasteiger partial charge is 0.174 e. The fourth-order valence-electron chi connectivity index (χ4n) is 2.22. The predicted octanol–water partition coefficient (Wildman–Crippen LogP) is 3.34. The van der Waals surface area contributed by atoms with Gasteiger partial charge < -0.3 is 9.64 Å². The van der Waals surface area contributed by atoms with Gasteiger partial charge in [-0.15, -0.1) is 6.42 Å². The Kier molecular flexibility index (Phi) is 4.49. The van der Waals surface area contributed by atoms with Crippen LogP contribution in [0.2, 0.25) is 0 Å². The molecule has 0 saturated carbocycles. The molecule has 1 aliphatic heterocycles. The zero-order chi connectivity index (χ0) is 15.2. The SMILES string of the molecule is C#CC1=CC=C(c2ccc(OCC#N)cc2)N(CC)C1=C. The van der Waals surface area contributed by atoms with Crippen LogP contribution in [0, 0.1) is 23.7 Å². The monoisotopic (exact) mass is 276 g/mol. The lowest BCUT2D eigenvalue weighted by atomic mass is 10.0. The van der Waals surface area contributed by atoms with Crippen LogP contribution in [0.1, 0.15) is 12.5 Å². The first-order valence-electron chi connectivity index (χ1n) is 6.66. The van der Waals surface area contributed by atoms with E-state index in [9.17, 15) is 0 Å². The summed E-state index contributed by atoms with van der Waals surface area (Å²) < 4.78 is 5.26. The van der Waals surface area contributed by atoms with Gasteiger partial charge in [-0.05, 0) is 48.9 Å². The van der Waals surface area contributed by atoms with Gasteiger partial charge >= 0.3 is 0 Å². The van der Waals surface area contributed by atoms with Gasteiger partial charge in [0, 0.05) is 23.5 Å². The molecule has 3 heteroatoms. The van der Waals surface area contributed by atoms with Crippen molar-refractivity contribution in [3.8, 4) is 24.2 Å². The molecule has 1 aliphatic rings. The van der Waals surface area contributed by atoms with Crippen LogP contribution < -0.4 is 4.74 Å². The Hall–Kier alpha value is -2.91. The van der Waals surface area contributed by atoms with Crippen LogP contribution in [-0.2, 0) is 0 Å². The number of ether oxygens (including phenoxy) is 1. The van der Waals surface area contributed by atoms with Gasteiger partial charge in [0.15, 0.2) is 6.61 Å². The minimum Gasteiger partial charge on any atom is -0.479 e. The summed E-state index contributed by atoms with van der Waals surface area (Å²) in [5.41, 5.74) is 3.74. The third kappa shape index (κ3) is 2.99. The van der Waals surface area contributed by atoms with E-state index in [1.807, 2.05) is 42.5 Å². The zero-order valence-electron chi connectivity index (χ0n) is 12.0. The van der Waals surface area contributed by atoms with Crippen molar-refractivity contribution in [2.75, 3.05) is 13.2 Å². The summed E-state index contributed by atoms with van der Waals surface area (Å²) in [6.45, 7) is 6.96. The molecule has 21 heavy (non-hydrogen) atoms. The topological polar surface area (TPSA) is 36.3 Å². The molecule has 0 unspecified atom stereocenters. The highest BCUT2D eigenvalue weighted by Gasteiger charge is 2.18. The molecule has 0 fully saturated rings. The summed E-state index contributed by atoms with van der Waals surface area (Å²) in [5.74, 6) is 3.33. The molecular formula is C18H16N2O. The second-order valence-corrected chi connectivity index (χ2v) is 4.44. The highest BCUT2D eigenvalue weighted by Crippen LogP contribution is 2.30. The van der Waals surface area contributed by atoms with Crippen molar-refractivity contribution >= 4 is 5.70 Å². The van der Waals surface area contributed by atoms with Crippen LogP contribution in [0.15, 0.2) is 54.3 Å². The van der Waals surface area contributed by atoms with E-state index in [0.29, 0.717) is 5.75 Å². The fourth-order valence-corrected chi connectivity index (χ4v) is 2.22. The lowest BCUT2D eigenvalue weighted by Gasteiger charge is -2.30. The van der Waals surface area contributed by atoms with Crippen LogP contribution >= 0.6 is 0 Å². The van der Waals surface area contributed by atoms with E-state index >= 15 is 0 Å². The molecule has 0 spiro atoms. The van der Waals surface area contributed by atoms with Gasteiger partial charge in [0.2, 0.25) is 0 Å². The first kappa shape index (κ1) is 14.5. The van der Waals surface area contributed by atoms with Crippen molar-refractivity contribution in [1.29, 1.82) is 5.26 Å². The van der Waals surface area contributed by atoms with Crippen molar-refractivity contribution < 1.29 is 4.74 Å². The summed E-state index contributed by atoms with van der Waals surface area (Å²) in [5, 5.41) is 8.51. The molecule has 3 nitrogen and oxygen atoms in total. The third-order valence-corrected chi connectivity index (χ3v) is 3.26. The largest absolute Gasteiger partial charge is 0.479 e. The normalized spacial score (nSPS) is 13.9. The zero-order valence-corrected chi connectivity index (χ0v) is 12.0. The van der Waals surface area contributed by atoms with Gasteiger partial charge in [-0.1, -0.05) is 12.5 Å². The number of likely N-dealkylation sites (N-methyl/N-ethyl adjacent to an activating group) is 1. The summed E-state index contributed by atoms with van der Waals surface area (Å²) in [7, 11) is 0. The lowest BCUT2D eigenvalue weighted by Crippen LogP contribution is -2.23. The first-order chi connectivity index (χ1) is 10.2. The van der Waals surface area contributed by atoms with Crippen molar-refractivity contribution in [2.24, 2.45) is 0 Å². The highest BCUT2D eigenvalue weighted by molar-refractivity contribution is 5.72. The summed E-state index contributed by atoms with van der Waals surface area (Å²) in [6.07, 6.45) is 9.39. The number of benzene rings is 1. The maximum Gasteiger partial charge on any atom is 0.174 e. The number of nitriles is 1. The quantitative estimate of drug-likeness (QED) is 0.791. The Bertz CT molecular complexity index is 681. The maximum absolute atomic E-state index is 8.51. The van der Waals surface area contributed by atoms with Crippen molar-refractivity contribution in [1.82, 2.24) is 4.90 Å². The van der Waals surface area contributed by atoms with Gasteiger partial charge in [-0.2, -0.15) is 5.26 Å². The van der Waals surface area contributed by atoms with Crippen LogP contribution in [0.25, 0.3) is 5.70 Å². The molecular weight excluding hydrogens is 260 g/mol. The van der Waals surface area contributed by atoms with E-state index < -0.39 is 0 Å².